The molecule has 0 bridgehead atoms. The lowest BCUT2D eigenvalue weighted by atomic mass is 10.0. The Morgan fingerprint density at radius 2 is 1.88 bits per heavy atom. The highest BCUT2D eigenvalue weighted by Gasteiger charge is 2.05. The standard InChI is InChI=1S/C14H13ClO/c1-10-4-3-5-11(8-10)13-9-12(16-2)6-7-14(13)15/h3-9H,1-2H3. The van der Waals surface area contributed by atoms with Gasteiger partial charge in [-0.15, -0.1) is 0 Å². The van der Waals surface area contributed by atoms with Gasteiger partial charge in [-0.1, -0.05) is 41.4 Å². The van der Waals surface area contributed by atoms with Crippen LogP contribution >= 0.6 is 11.6 Å². The summed E-state index contributed by atoms with van der Waals surface area (Å²) in [7, 11) is 1.66. The van der Waals surface area contributed by atoms with Gasteiger partial charge in [0.05, 0.1) is 7.11 Å². The molecule has 0 atom stereocenters. The highest BCUT2D eigenvalue weighted by atomic mass is 35.5. The fourth-order valence-corrected chi connectivity index (χ4v) is 1.89. The van der Waals surface area contributed by atoms with Gasteiger partial charge in [-0.3, -0.25) is 0 Å². The van der Waals surface area contributed by atoms with Crippen molar-refractivity contribution >= 4 is 11.6 Å². The Labute approximate surface area is 101 Å². The molecule has 0 unspecified atom stereocenters. The fourth-order valence-electron chi connectivity index (χ4n) is 1.67. The summed E-state index contributed by atoms with van der Waals surface area (Å²) < 4.78 is 5.20. The number of rotatable bonds is 2. The molecule has 0 heterocycles. The largest absolute Gasteiger partial charge is 0.497 e. The third kappa shape index (κ3) is 2.20. The summed E-state index contributed by atoms with van der Waals surface area (Å²) in [6.07, 6.45) is 0. The van der Waals surface area contributed by atoms with Gasteiger partial charge in [0.25, 0.3) is 0 Å². The zero-order valence-corrected chi connectivity index (χ0v) is 10.1. The van der Waals surface area contributed by atoms with Gasteiger partial charge in [-0.25, -0.2) is 0 Å². The molecule has 0 aliphatic carbocycles. The topological polar surface area (TPSA) is 9.23 Å². The summed E-state index contributed by atoms with van der Waals surface area (Å²) >= 11 is 6.18. The van der Waals surface area contributed by atoms with Crippen LogP contribution in [0.5, 0.6) is 5.75 Å². The first-order chi connectivity index (χ1) is 7.70. The highest BCUT2D eigenvalue weighted by molar-refractivity contribution is 6.33. The maximum absolute atomic E-state index is 6.18. The summed E-state index contributed by atoms with van der Waals surface area (Å²) in [5, 5.41) is 0.742. The molecular weight excluding hydrogens is 220 g/mol. The van der Waals surface area contributed by atoms with E-state index >= 15 is 0 Å². The zero-order chi connectivity index (χ0) is 11.5. The minimum Gasteiger partial charge on any atom is -0.497 e. The van der Waals surface area contributed by atoms with Gasteiger partial charge in [0.1, 0.15) is 5.75 Å². The molecule has 0 radical (unpaired) electrons. The number of aryl methyl sites for hydroxylation is 1. The second kappa shape index (κ2) is 4.58. The first-order valence-corrected chi connectivity index (χ1v) is 5.49. The molecule has 0 saturated heterocycles. The van der Waals surface area contributed by atoms with Crippen LogP contribution in [-0.4, -0.2) is 7.11 Å². The molecule has 16 heavy (non-hydrogen) atoms. The van der Waals surface area contributed by atoms with Crippen LogP contribution in [0.25, 0.3) is 11.1 Å². The number of hydrogen-bond acceptors (Lipinski definition) is 1. The summed E-state index contributed by atoms with van der Waals surface area (Å²) in [6.45, 7) is 2.07. The summed E-state index contributed by atoms with van der Waals surface area (Å²) in [6, 6.07) is 13.9. The van der Waals surface area contributed by atoms with E-state index < -0.39 is 0 Å². The Kier molecular flexibility index (Phi) is 3.16. The molecular formula is C14H13ClO. The van der Waals surface area contributed by atoms with Crippen molar-refractivity contribution in [1.29, 1.82) is 0 Å². The Bertz CT molecular complexity index is 506. The third-order valence-corrected chi connectivity index (χ3v) is 2.83. The van der Waals surface area contributed by atoms with E-state index in [9.17, 15) is 0 Å². The highest BCUT2D eigenvalue weighted by Crippen LogP contribution is 2.31. The molecule has 0 aromatic heterocycles. The van der Waals surface area contributed by atoms with E-state index in [1.807, 2.05) is 30.3 Å². The van der Waals surface area contributed by atoms with Gasteiger partial charge in [-0.2, -0.15) is 0 Å². The van der Waals surface area contributed by atoms with E-state index in [2.05, 4.69) is 19.1 Å². The maximum atomic E-state index is 6.18. The van der Waals surface area contributed by atoms with Crippen molar-refractivity contribution in [2.75, 3.05) is 7.11 Å². The smallest absolute Gasteiger partial charge is 0.119 e. The number of ether oxygens (including phenoxy) is 1. The summed E-state index contributed by atoms with van der Waals surface area (Å²) in [5.41, 5.74) is 3.34. The van der Waals surface area contributed by atoms with E-state index in [0.29, 0.717) is 0 Å². The van der Waals surface area contributed by atoms with E-state index in [-0.39, 0.29) is 0 Å². The van der Waals surface area contributed by atoms with Gasteiger partial charge < -0.3 is 4.74 Å². The molecule has 2 heteroatoms. The molecule has 1 nitrogen and oxygen atoms in total. The van der Waals surface area contributed by atoms with Crippen molar-refractivity contribution < 1.29 is 4.74 Å². The van der Waals surface area contributed by atoms with Crippen LogP contribution in [0, 0.1) is 6.92 Å². The fraction of sp³-hybridized carbons (Fsp3) is 0.143. The van der Waals surface area contributed by atoms with Gasteiger partial charge >= 0.3 is 0 Å². The van der Waals surface area contributed by atoms with Crippen LogP contribution in [0.3, 0.4) is 0 Å². The minimum absolute atomic E-state index is 0.742. The summed E-state index contributed by atoms with van der Waals surface area (Å²) in [4.78, 5) is 0. The lowest BCUT2D eigenvalue weighted by Gasteiger charge is -2.07. The molecule has 0 saturated carbocycles. The number of methoxy groups -OCH3 is 1. The molecule has 0 aliphatic rings. The van der Waals surface area contributed by atoms with E-state index in [4.69, 9.17) is 16.3 Å². The van der Waals surface area contributed by atoms with Gasteiger partial charge in [0.15, 0.2) is 0 Å². The molecule has 2 aromatic carbocycles. The Balaban J connectivity index is 2.54. The lowest BCUT2D eigenvalue weighted by Crippen LogP contribution is -1.85. The van der Waals surface area contributed by atoms with Gasteiger partial charge in [0.2, 0.25) is 0 Å². The Hall–Kier alpha value is -1.47. The SMILES string of the molecule is COc1ccc(Cl)c(-c2cccc(C)c2)c1. The van der Waals surface area contributed by atoms with Crippen LogP contribution in [0.2, 0.25) is 5.02 Å². The van der Waals surface area contributed by atoms with Crippen molar-refractivity contribution in [1.82, 2.24) is 0 Å². The van der Waals surface area contributed by atoms with Crippen molar-refractivity contribution in [3.05, 3.63) is 53.1 Å². The number of hydrogen-bond donors (Lipinski definition) is 0. The van der Waals surface area contributed by atoms with Crippen LogP contribution in [0.4, 0.5) is 0 Å². The average Bonchev–Trinajstić information content (AvgIpc) is 2.30. The first-order valence-electron chi connectivity index (χ1n) is 5.11. The Morgan fingerprint density at radius 1 is 1.06 bits per heavy atom. The molecule has 0 amide bonds. The number of benzene rings is 2. The normalized spacial score (nSPS) is 10.2. The second-order valence-electron chi connectivity index (χ2n) is 3.72. The molecule has 0 aliphatic heterocycles. The van der Waals surface area contributed by atoms with Gasteiger partial charge in [-0.05, 0) is 30.7 Å². The van der Waals surface area contributed by atoms with Crippen molar-refractivity contribution in [2.24, 2.45) is 0 Å². The van der Waals surface area contributed by atoms with Crippen LogP contribution < -0.4 is 4.74 Å². The number of halogens is 1. The molecule has 82 valence electrons. The second-order valence-corrected chi connectivity index (χ2v) is 4.12. The summed E-state index contributed by atoms with van der Waals surface area (Å²) in [5.74, 6) is 0.820. The molecule has 2 rings (SSSR count). The van der Waals surface area contributed by atoms with E-state index in [1.54, 1.807) is 7.11 Å². The van der Waals surface area contributed by atoms with E-state index in [1.165, 1.54) is 5.56 Å². The maximum Gasteiger partial charge on any atom is 0.119 e. The van der Waals surface area contributed by atoms with Gasteiger partial charge in [0, 0.05) is 10.6 Å². The van der Waals surface area contributed by atoms with Crippen LogP contribution in [-0.2, 0) is 0 Å². The van der Waals surface area contributed by atoms with Crippen molar-refractivity contribution in [2.45, 2.75) is 6.92 Å². The van der Waals surface area contributed by atoms with Crippen molar-refractivity contribution in [3.63, 3.8) is 0 Å². The molecule has 2 aromatic rings. The lowest BCUT2D eigenvalue weighted by molar-refractivity contribution is 0.415. The average molecular weight is 233 g/mol. The molecule has 0 spiro atoms. The third-order valence-electron chi connectivity index (χ3n) is 2.50. The quantitative estimate of drug-likeness (QED) is 0.749. The monoisotopic (exact) mass is 232 g/mol. The van der Waals surface area contributed by atoms with E-state index in [0.717, 1.165) is 21.9 Å². The zero-order valence-electron chi connectivity index (χ0n) is 9.33. The molecule has 0 fully saturated rings. The predicted octanol–water partition coefficient (Wildman–Crippen LogP) is 4.32. The molecule has 0 N–H and O–H groups in total. The Morgan fingerprint density at radius 3 is 2.56 bits per heavy atom. The predicted molar refractivity (Wildman–Crippen MR) is 68.2 cm³/mol. The van der Waals surface area contributed by atoms with Crippen LogP contribution in [0.1, 0.15) is 5.56 Å². The minimum atomic E-state index is 0.742. The van der Waals surface area contributed by atoms with Crippen LogP contribution in [0.15, 0.2) is 42.5 Å². The first kappa shape index (κ1) is 11.0. The van der Waals surface area contributed by atoms with Crippen molar-refractivity contribution in [3.8, 4) is 16.9 Å².